The van der Waals surface area contributed by atoms with Gasteiger partial charge in [0.15, 0.2) is 0 Å². The van der Waals surface area contributed by atoms with Crippen LogP contribution in [0.1, 0.15) is 51.8 Å². The zero-order chi connectivity index (χ0) is 14.0. The number of aryl methyl sites for hydroxylation is 1. The van der Waals surface area contributed by atoms with E-state index >= 15 is 0 Å². The Labute approximate surface area is 120 Å². The van der Waals surface area contributed by atoms with Crippen LogP contribution >= 0.6 is 11.6 Å². The minimum Gasteiger partial charge on any atom is -0.386 e. The molecular weight excluding hydrogens is 260 g/mol. The van der Waals surface area contributed by atoms with Crippen molar-refractivity contribution in [3.8, 4) is 0 Å². The van der Waals surface area contributed by atoms with Crippen molar-refractivity contribution in [3.05, 3.63) is 28.6 Å². The van der Waals surface area contributed by atoms with Crippen LogP contribution in [0.5, 0.6) is 0 Å². The van der Waals surface area contributed by atoms with Crippen molar-refractivity contribution < 1.29 is 5.11 Å². The summed E-state index contributed by atoms with van der Waals surface area (Å²) in [5, 5.41) is 15.5. The van der Waals surface area contributed by atoms with Crippen molar-refractivity contribution in [2.45, 2.75) is 52.7 Å². The fraction of sp³-hybridized carbons (Fsp3) is 0.667. The van der Waals surface area contributed by atoms with E-state index in [0.29, 0.717) is 10.9 Å². The Morgan fingerprint density at radius 1 is 1.58 bits per heavy atom. The van der Waals surface area contributed by atoms with E-state index in [1.54, 1.807) is 6.20 Å². The van der Waals surface area contributed by atoms with Gasteiger partial charge >= 0.3 is 0 Å². The van der Waals surface area contributed by atoms with E-state index < -0.39 is 6.10 Å². The molecule has 0 amide bonds. The van der Waals surface area contributed by atoms with Crippen molar-refractivity contribution in [1.29, 1.82) is 0 Å². The van der Waals surface area contributed by atoms with E-state index in [9.17, 15) is 5.11 Å². The lowest BCUT2D eigenvalue weighted by molar-refractivity contribution is 0.0847. The highest BCUT2D eigenvalue weighted by molar-refractivity contribution is 6.31. The first-order valence-electron chi connectivity index (χ1n) is 7.09. The van der Waals surface area contributed by atoms with E-state index in [4.69, 9.17) is 11.6 Å². The third kappa shape index (κ3) is 3.21. The van der Waals surface area contributed by atoms with Crippen LogP contribution in [-0.4, -0.2) is 14.9 Å². The van der Waals surface area contributed by atoms with Crippen molar-refractivity contribution in [2.75, 3.05) is 0 Å². The lowest BCUT2D eigenvalue weighted by atomic mass is 9.80. The maximum atomic E-state index is 10.7. The van der Waals surface area contributed by atoms with E-state index in [1.807, 2.05) is 4.68 Å². The predicted molar refractivity (Wildman–Crippen MR) is 78.1 cm³/mol. The maximum absolute atomic E-state index is 10.7. The number of hydrogen-bond acceptors (Lipinski definition) is 2. The second-order valence-corrected chi connectivity index (χ2v) is 6.14. The number of halogens is 1. The number of nitrogens with zero attached hydrogens (tertiary/aromatic N) is 2. The molecule has 3 nitrogen and oxygen atoms in total. The number of rotatable bonds is 4. The number of hydrogen-bond donors (Lipinski definition) is 1. The van der Waals surface area contributed by atoms with Gasteiger partial charge in [-0.1, -0.05) is 37.1 Å². The molecule has 19 heavy (non-hydrogen) atoms. The SMILES string of the molecule is CCCn1ncc(Cl)c1C(O)C1CC(C)=CC(C)C1. The Balaban J connectivity index is 2.22. The van der Waals surface area contributed by atoms with Gasteiger partial charge in [0.05, 0.1) is 16.9 Å². The van der Waals surface area contributed by atoms with Gasteiger partial charge in [0.2, 0.25) is 0 Å². The highest BCUT2D eigenvalue weighted by atomic mass is 35.5. The number of aliphatic hydroxyl groups excluding tert-OH is 1. The normalized spacial score (nSPS) is 25.2. The summed E-state index contributed by atoms with van der Waals surface area (Å²) < 4.78 is 1.85. The molecule has 1 aromatic heterocycles. The van der Waals surface area contributed by atoms with Crippen molar-refractivity contribution >= 4 is 11.6 Å². The van der Waals surface area contributed by atoms with Gasteiger partial charge in [-0.2, -0.15) is 5.10 Å². The molecule has 106 valence electrons. The largest absolute Gasteiger partial charge is 0.386 e. The molecule has 0 bridgehead atoms. The summed E-state index contributed by atoms with van der Waals surface area (Å²) >= 11 is 6.21. The fourth-order valence-electron chi connectivity index (χ4n) is 3.12. The monoisotopic (exact) mass is 282 g/mol. The van der Waals surface area contributed by atoms with Gasteiger partial charge in [-0.15, -0.1) is 0 Å². The van der Waals surface area contributed by atoms with Gasteiger partial charge in [0.1, 0.15) is 6.10 Å². The molecule has 0 aliphatic heterocycles. The summed E-state index contributed by atoms with van der Waals surface area (Å²) in [6, 6.07) is 0. The third-order valence-corrected chi connectivity index (χ3v) is 4.11. The van der Waals surface area contributed by atoms with Gasteiger partial charge in [0, 0.05) is 6.54 Å². The summed E-state index contributed by atoms with van der Waals surface area (Å²) in [6.45, 7) is 7.24. The van der Waals surface area contributed by atoms with Crippen molar-refractivity contribution in [2.24, 2.45) is 11.8 Å². The molecule has 0 fully saturated rings. The van der Waals surface area contributed by atoms with Crippen LogP contribution in [0.15, 0.2) is 17.8 Å². The van der Waals surface area contributed by atoms with E-state index in [0.717, 1.165) is 31.5 Å². The molecular formula is C15H23ClN2O. The Morgan fingerprint density at radius 2 is 2.32 bits per heavy atom. The second kappa shape index (κ2) is 6.10. The molecule has 0 radical (unpaired) electrons. The lowest BCUT2D eigenvalue weighted by Crippen LogP contribution is -2.22. The molecule has 3 unspecified atom stereocenters. The molecule has 1 aliphatic rings. The van der Waals surface area contributed by atoms with Crippen LogP contribution in [0.4, 0.5) is 0 Å². The molecule has 1 N–H and O–H groups in total. The van der Waals surface area contributed by atoms with Crippen LogP contribution in [0.25, 0.3) is 0 Å². The van der Waals surface area contributed by atoms with E-state index in [2.05, 4.69) is 31.9 Å². The summed E-state index contributed by atoms with van der Waals surface area (Å²) in [4.78, 5) is 0. The van der Waals surface area contributed by atoms with Crippen molar-refractivity contribution in [1.82, 2.24) is 9.78 Å². The summed E-state index contributed by atoms with van der Waals surface area (Å²) in [7, 11) is 0. The number of aliphatic hydroxyl groups is 1. The molecule has 0 spiro atoms. The Bertz CT molecular complexity index is 467. The van der Waals surface area contributed by atoms with Crippen LogP contribution in [-0.2, 0) is 6.54 Å². The second-order valence-electron chi connectivity index (χ2n) is 5.74. The van der Waals surface area contributed by atoms with Crippen LogP contribution < -0.4 is 0 Å². The van der Waals surface area contributed by atoms with Gasteiger partial charge < -0.3 is 5.11 Å². The highest BCUT2D eigenvalue weighted by Crippen LogP contribution is 2.38. The molecule has 1 heterocycles. The molecule has 0 saturated heterocycles. The number of aromatic nitrogens is 2. The van der Waals surface area contributed by atoms with E-state index in [1.165, 1.54) is 5.57 Å². The van der Waals surface area contributed by atoms with Gasteiger partial charge in [-0.25, -0.2) is 0 Å². The molecule has 0 aromatic carbocycles. The summed E-state index contributed by atoms with van der Waals surface area (Å²) in [6.07, 6.45) is 6.36. The molecule has 2 rings (SSSR count). The van der Waals surface area contributed by atoms with Gasteiger partial charge in [-0.05, 0) is 38.0 Å². The average Bonchev–Trinajstić information content (AvgIpc) is 2.69. The maximum Gasteiger partial charge on any atom is 0.100 e. The lowest BCUT2D eigenvalue weighted by Gasteiger charge is -2.30. The molecule has 4 heteroatoms. The minimum absolute atomic E-state index is 0.241. The molecule has 0 saturated carbocycles. The standard InChI is InChI=1S/C15H23ClN2O/c1-4-5-18-14(13(16)9-17-18)15(19)12-7-10(2)6-11(3)8-12/h6,9-10,12,15,19H,4-5,7-8H2,1-3H3. The Hall–Kier alpha value is -0.800. The predicted octanol–water partition coefficient (Wildman–Crippen LogP) is 3.97. The Kier molecular flexibility index (Phi) is 4.69. The van der Waals surface area contributed by atoms with Crippen LogP contribution in [0, 0.1) is 11.8 Å². The zero-order valence-corrected chi connectivity index (χ0v) is 12.7. The first-order chi connectivity index (χ1) is 9.02. The highest BCUT2D eigenvalue weighted by Gasteiger charge is 2.29. The zero-order valence-electron chi connectivity index (χ0n) is 11.9. The van der Waals surface area contributed by atoms with Gasteiger partial charge in [-0.3, -0.25) is 4.68 Å². The van der Waals surface area contributed by atoms with Crippen molar-refractivity contribution in [3.63, 3.8) is 0 Å². The van der Waals surface area contributed by atoms with Crippen LogP contribution in [0.2, 0.25) is 5.02 Å². The number of allylic oxidation sites excluding steroid dienone is 2. The quantitative estimate of drug-likeness (QED) is 0.849. The third-order valence-electron chi connectivity index (χ3n) is 3.82. The average molecular weight is 283 g/mol. The molecule has 3 atom stereocenters. The topological polar surface area (TPSA) is 38.0 Å². The van der Waals surface area contributed by atoms with E-state index in [-0.39, 0.29) is 5.92 Å². The van der Waals surface area contributed by atoms with Gasteiger partial charge in [0.25, 0.3) is 0 Å². The molecule has 1 aromatic rings. The fourth-order valence-corrected chi connectivity index (χ4v) is 3.37. The smallest absolute Gasteiger partial charge is 0.100 e. The summed E-state index contributed by atoms with van der Waals surface area (Å²) in [5.74, 6) is 0.763. The van der Waals surface area contributed by atoms with Crippen LogP contribution in [0.3, 0.4) is 0 Å². The Morgan fingerprint density at radius 3 is 2.95 bits per heavy atom. The minimum atomic E-state index is -0.521. The summed E-state index contributed by atoms with van der Waals surface area (Å²) in [5.41, 5.74) is 2.15. The first kappa shape index (κ1) is 14.6. The molecule has 1 aliphatic carbocycles. The first-order valence-corrected chi connectivity index (χ1v) is 7.47.